The molecule has 3 aromatic heterocycles. The fourth-order valence-corrected chi connectivity index (χ4v) is 3.12. The summed E-state index contributed by atoms with van der Waals surface area (Å²) in [7, 11) is 1.56. The zero-order valence-electron chi connectivity index (χ0n) is 13.1. The Morgan fingerprint density at radius 1 is 1.16 bits per heavy atom. The third-order valence-corrected chi connectivity index (χ3v) is 4.39. The van der Waals surface area contributed by atoms with Crippen LogP contribution in [0.1, 0.15) is 5.56 Å². The molecule has 0 fully saturated rings. The summed E-state index contributed by atoms with van der Waals surface area (Å²) in [5.74, 6) is 1.93. The summed E-state index contributed by atoms with van der Waals surface area (Å²) in [6, 6.07) is 10.3. The van der Waals surface area contributed by atoms with Crippen molar-refractivity contribution in [2.24, 2.45) is 0 Å². The molecule has 0 amide bonds. The van der Waals surface area contributed by atoms with Crippen LogP contribution in [0.25, 0.3) is 22.6 Å². The van der Waals surface area contributed by atoms with Crippen LogP contribution in [0.2, 0.25) is 0 Å². The van der Waals surface area contributed by atoms with Crippen molar-refractivity contribution in [1.82, 2.24) is 10.2 Å². The van der Waals surface area contributed by atoms with E-state index in [-0.39, 0.29) is 0 Å². The molecular weight excluding hydrogens is 344 g/mol. The molecule has 126 valence electrons. The molecule has 3 heterocycles. The Morgan fingerprint density at radius 2 is 2.08 bits per heavy atom. The summed E-state index contributed by atoms with van der Waals surface area (Å²) in [6.07, 6.45) is 1.54. The second-order valence-corrected chi connectivity index (χ2v) is 6.02. The molecule has 4 rings (SSSR count). The average molecular weight is 356 g/mol. The van der Waals surface area contributed by atoms with Crippen LogP contribution < -0.4 is 10.4 Å². The van der Waals surface area contributed by atoms with E-state index in [1.807, 2.05) is 12.1 Å². The summed E-state index contributed by atoms with van der Waals surface area (Å²) in [4.78, 5) is 11.8. The van der Waals surface area contributed by atoms with Crippen molar-refractivity contribution in [1.29, 1.82) is 0 Å². The zero-order valence-corrected chi connectivity index (χ0v) is 13.9. The van der Waals surface area contributed by atoms with Gasteiger partial charge in [-0.2, -0.15) is 0 Å². The standard InChI is InChI=1S/C17H12N2O5S/c1-21-11-4-5-12-10(7-15(20)23-14(12)8-11)9-25-17-19-18-16(24-17)13-3-2-6-22-13/h2-8H,9H2,1H3. The molecule has 0 saturated heterocycles. The molecule has 0 unspecified atom stereocenters. The number of ether oxygens (including phenoxy) is 1. The van der Waals surface area contributed by atoms with Crippen LogP contribution in [-0.2, 0) is 5.75 Å². The summed E-state index contributed by atoms with van der Waals surface area (Å²) in [5, 5.41) is 9.15. The molecule has 0 atom stereocenters. The highest BCUT2D eigenvalue weighted by atomic mass is 32.2. The van der Waals surface area contributed by atoms with Crippen LogP contribution in [0.15, 0.2) is 65.9 Å². The van der Waals surface area contributed by atoms with Crippen LogP contribution in [0.3, 0.4) is 0 Å². The van der Waals surface area contributed by atoms with E-state index in [9.17, 15) is 4.79 Å². The number of furan rings is 1. The highest BCUT2D eigenvalue weighted by Gasteiger charge is 2.13. The quantitative estimate of drug-likeness (QED) is 0.394. The summed E-state index contributed by atoms with van der Waals surface area (Å²) >= 11 is 1.33. The third-order valence-electron chi connectivity index (χ3n) is 3.53. The van der Waals surface area contributed by atoms with E-state index in [0.717, 1.165) is 10.9 Å². The summed E-state index contributed by atoms with van der Waals surface area (Å²) in [5.41, 5.74) is 0.874. The first kappa shape index (κ1) is 15.5. The number of benzene rings is 1. The molecule has 4 aromatic rings. The van der Waals surface area contributed by atoms with Gasteiger partial charge >= 0.3 is 5.63 Å². The van der Waals surface area contributed by atoms with Gasteiger partial charge in [0.05, 0.1) is 13.4 Å². The van der Waals surface area contributed by atoms with Crippen LogP contribution in [-0.4, -0.2) is 17.3 Å². The molecule has 7 nitrogen and oxygen atoms in total. The van der Waals surface area contributed by atoms with Gasteiger partial charge in [0.25, 0.3) is 11.1 Å². The predicted molar refractivity (Wildman–Crippen MR) is 90.6 cm³/mol. The van der Waals surface area contributed by atoms with Gasteiger partial charge in [0, 0.05) is 23.3 Å². The fraction of sp³-hybridized carbons (Fsp3) is 0.118. The van der Waals surface area contributed by atoms with Gasteiger partial charge in [0.2, 0.25) is 0 Å². The lowest BCUT2D eigenvalue weighted by Crippen LogP contribution is -2.00. The van der Waals surface area contributed by atoms with E-state index in [2.05, 4.69) is 10.2 Å². The molecule has 0 bridgehead atoms. The summed E-state index contributed by atoms with van der Waals surface area (Å²) < 4.78 is 21.2. The van der Waals surface area contributed by atoms with Crippen molar-refractivity contribution in [2.45, 2.75) is 11.0 Å². The van der Waals surface area contributed by atoms with Gasteiger partial charge in [-0.15, -0.1) is 10.2 Å². The summed E-state index contributed by atoms with van der Waals surface area (Å²) in [6.45, 7) is 0. The Hall–Kier alpha value is -3.00. The van der Waals surface area contributed by atoms with Gasteiger partial charge in [-0.1, -0.05) is 11.8 Å². The molecule has 0 saturated carbocycles. The van der Waals surface area contributed by atoms with Crippen molar-refractivity contribution < 1.29 is 18.0 Å². The van der Waals surface area contributed by atoms with Gasteiger partial charge in [-0.3, -0.25) is 0 Å². The van der Waals surface area contributed by atoms with Gasteiger partial charge in [-0.05, 0) is 29.8 Å². The minimum absolute atomic E-state index is 0.315. The minimum atomic E-state index is -0.418. The van der Waals surface area contributed by atoms with Crippen molar-refractivity contribution >= 4 is 22.7 Å². The lowest BCUT2D eigenvalue weighted by atomic mass is 10.1. The van der Waals surface area contributed by atoms with E-state index in [0.29, 0.717) is 34.0 Å². The van der Waals surface area contributed by atoms with E-state index < -0.39 is 5.63 Å². The SMILES string of the molecule is COc1ccc2c(CSc3nnc(-c4ccco4)o3)cc(=O)oc2c1. The normalized spacial score (nSPS) is 11.1. The lowest BCUT2D eigenvalue weighted by Gasteiger charge is -2.05. The van der Waals surface area contributed by atoms with Gasteiger partial charge < -0.3 is 18.0 Å². The molecule has 0 radical (unpaired) electrons. The first-order chi connectivity index (χ1) is 12.2. The Kier molecular flexibility index (Phi) is 4.02. The maximum Gasteiger partial charge on any atom is 0.336 e. The highest BCUT2D eigenvalue weighted by Crippen LogP contribution is 2.29. The smallest absolute Gasteiger partial charge is 0.336 e. The molecule has 25 heavy (non-hydrogen) atoms. The van der Waals surface area contributed by atoms with Gasteiger partial charge in [-0.25, -0.2) is 4.79 Å². The Balaban J connectivity index is 1.59. The number of methoxy groups -OCH3 is 1. The molecule has 0 aliphatic heterocycles. The highest BCUT2D eigenvalue weighted by molar-refractivity contribution is 7.98. The Labute approximate surface area is 145 Å². The second kappa shape index (κ2) is 6.48. The molecule has 1 aromatic carbocycles. The topological polar surface area (TPSA) is 91.5 Å². The first-order valence-electron chi connectivity index (χ1n) is 7.34. The van der Waals surface area contributed by atoms with Crippen molar-refractivity contribution in [2.75, 3.05) is 7.11 Å². The van der Waals surface area contributed by atoms with Crippen LogP contribution in [0, 0.1) is 0 Å². The first-order valence-corrected chi connectivity index (χ1v) is 8.32. The number of hydrogen-bond acceptors (Lipinski definition) is 8. The average Bonchev–Trinajstić information content (AvgIpc) is 3.30. The fourth-order valence-electron chi connectivity index (χ4n) is 2.36. The predicted octanol–water partition coefficient (Wildman–Crippen LogP) is 3.74. The molecule has 0 spiro atoms. The maximum absolute atomic E-state index is 11.8. The number of nitrogens with zero attached hydrogens (tertiary/aromatic N) is 2. The minimum Gasteiger partial charge on any atom is -0.497 e. The zero-order chi connectivity index (χ0) is 17.2. The van der Waals surface area contributed by atoms with Crippen LogP contribution in [0.5, 0.6) is 5.75 Å². The number of aromatic nitrogens is 2. The number of rotatable bonds is 5. The Bertz CT molecular complexity index is 1070. The van der Waals surface area contributed by atoms with E-state index in [1.54, 1.807) is 25.3 Å². The van der Waals surface area contributed by atoms with E-state index >= 15 is 0 Å². The van der Waals surface area contributed by atoms with Crippen molar-refractivity contribution in [3.63, 3.8) is 0 Å². The molecular formula is C17H12N2O5S. The largest absolute Gasteiger partial charge is 0.497 e. The Morgan fingerprint density at radius 3 is 2.88 bits per heavy atom. The van der Waals surface area contributed by atoms with Gasteiger partial charge in [0.15, 0.2) is 5.76 Å². The third kappa shape index (κ3) is 3.16. The van der Waals surface area contributed by atoms with E-state index in [1.165, 1.54) is 24.1 Å². The molecule has 0 aliphatic carbocycles. The monoisotopic (exact) mass is 356 g/mol. The second-order valence-electron chi connectivity index (χ2n) is 5.09. The molecule has 0 aliphatic rings. The van der Waals surface area contributed by atoms with E-state index in [4.69, 9.17) is 18.0 Å². The van der Waals surface area contributed by atoms with Crippen LogP contribution in [0.4, 0.5) is 0 Å². The van der Waals surface area contributed by atoms with Crippen LogP contribution >= 0.6 is 11.8 Å². The maximum atomic E-state index is 11.8. The number of thioether (sulfide) groups is 1. The van der Waals surface area contributed by atoms with Gasteiger partial charge in [0.1, 0.15) is 11.3 Å². The van der Waals surface area contributed by atoms with Crippen molar-refractivity contribution in [3.8, 4) is 17.4 Å². The number of fused-ring (bicyclic) bond motifs is 1. The molecule has 8 heteroatoms. The number of hydrogen-bond donors (Lipinski definition) is 0. The van der Waals surface area contributed by atoms with Crippen molar-refractivity contribution in [3.05, 3.63) is 58.6 Å². The lowest BCUT2D eigenvalue weighted by molar-refractivity contribution is 0.414. The molecule has 0 N–H and O–H groups in total.